The number of aryl methyl sites for hydroxylation is 1. The Balaban J connectivity index is 1.59. The predicted molar refractivity (Wildman–Crippen MR) is 114 cm³/mol. The molecule has 0 unspecified atom stereocenters. The molecule has 1 aromatic heterocycles. The van der Waals surface area contributed by atoms with Crippen molar-refractivity contribution in [3.63, 3.8) is 0 Å². The zero-order valence-electron chi connectivity index (χ0n) is 15.9. The average molecular weight is 404 g/mol. The van der Waals surface area contributed by atoms with Crippen molar-refractivity contribution < 1.29 is 14.0 Å². The van der Waals surface area contributed by atoms with E-state index in [0.29, 0.717) is 10.7 Å². The third kappa shape index (κ3) is 4.27. The van der Waals surface area contributed by atoms with Crippen LogP contribution in [0.2, 0.25) is 0 Å². The molecule has 5 nitrogen and oxygen atoms in total. The van der Waals surface area contributed by atoms with Crippen LogP contribution >= 0.6 is 11.8 Å². The van der Waals surface area contributed by atoms with Gasteiger partial charge >= 0.3 is 0 Å². The van der Waals surface area contributed by atoms with Gasteiger partial charge in [-0.25, -0.2) is 0 Å². The van der Waals surface area contributed by atoms with Crippen LogP contribution < -0.4 is 10.2 Å². The van der Waals surface area contributed by atoms with Gasteiger partial charge in [-0.15, -0.1) is 0 Å². The number of hydrogen-bond donors (Lipinski definition) is 1. The number of nitrogens with zero attached hydrogens (tertiary/aromatic N) is 1. The number of carbonyl (C=O) groups is 2. The number of benzene rings is 2. The number of anilines is 1. The summed E-state index contributed by atoms with van der Waals surface area (Å²) >= 11 is 1.43. The molecule has 146 valence electrons. The van der Waals surface area contributed by atoms with Gasteiger partial charge < -0.3 is 9.73 Å². The van der Waals surface area contributed by atoms with Crippen LogP contribution in [0.25, 0.3) is 6.08 Å². The highest BCUT2D eigenvalue weighted by Crippen LogP contribution is 2.42. The van der Waals surface area contributed by atoms with Crippen LogP contribution in [0.1, 0.15) is 16.9 Å². The quantitative estimate of drug-likeness (QED) is 0.641. The molecule has 1 N–H and O–H groups in total. The summed E-state index contributed by atoms with van der Waals surface area (Å²) in [5, 5.41) is 2.80. The maximum absolute atomic E-state index is 13.2. The first-order valence-corrected chi connectivity index (χ1v) is 10.1. The molecule has 0 saturated heterocycles. The van der Waals surface area contributed by atoms with E-state index in [-0.39, 0.29) is 24.9 Å². The molecule has 0 spiro atoms. The molecule has 1 aliphatic rings. The number of hydrogen-bond acceptors (Lipinski definition) is 4. The second-order valence-electron chi connectivity index (χ2n) is 6.68. The molecule has 0 bridgehead atoms. The minimum absolute atomic E-state index is 0.0533. The van der Waals surface area contributed by atoms with Crippen LogP contribution in [-0.4, -0.2) is 18.4 Å². The fourth-order valence-corrected chi connectivity index (χ4v) is 4.16. The Bertz CT molecular complexity index is 1070. The van der Waals surface area contributed by atoms with Gasteiger partial charge in [0.1, 0.15) is 12.3 Å². The second kappa shape index (κ2) is 8.41. The molecule has 1 aliphatic heterocycles. The summed E-state index contributed by atoms with van der Waals surface area (Å²) in [5.41, 5.74) is 2.83. The molecule has 0 saturated carbocycles. The van der Waals surface area contributed by atoms with Gasteiger partial charge in [-0.2, -0.15) is 0 Å². The van der Waals surface area contributed by atoms with E-state index in [1.165, 1.54) is 16.7 Å². The van der Waals surface area contributed by atoms with E-state index in [1.807, 2.05) is 61.5 Å². The number of furan rings is 1. The van der Waals surface area contributed by atoms with Crippen LogP contribution in [0.15, 0.2) is 81.1 Å². The van der Waals surface area contributed by atoms with Gasteiger partial charge in [0.15, 0.2) is 0 Å². The molecule has 2 heterocycles. The summed E-state index contributed by atoms with van der Waals surface area (Å²) in [5.74, 6) is 0.246. The molecule has 2 amide bonds. The number of carbonyl (C=O) groups excluding carboxylic acids is 2. The summed E-state index contributed by atoms with van der Waals surface area (Å²) < 4.78 is 5.24. The third-order valence-electron chi connectivity index (χ3n) is 4.65. The van der Waals surface area contributed by atoms with Crippen molar-refractivity contribution >= 4 is 35.3 Å². The smallest absolute Gasteiger partial charge is 0.265 e. The van der Waals surface area contributed by atoms with Crippen molar-refractivity contribution in [2.45, 2.75) is 18.4 Å². The Labute approximate surface area is 173 Å². The van der Waals surface area contributed by atoms with E-state index >= 15 is 0 Å². The average Bonchev–Trinajstić information content (AvgIpc) is 3.25. The number of thioether (sulfide) groups is 1. The molecule has 29 heavy (non-hydrogen) atoms. The number of rotatable bonds is 5. The van der Waals surface area contributed by atoms with E-state index in [0.717, 1.165) is 21.7 Å². The van der Waals surface area contributed by atoms with Crippen LogP contribution in [0, 0.1) is 6.92 Å². The van der Waals surface area contributed by atoms with Crippen LogP contribution in [-0.2, 0) is 16.1 Å². The first-order chi connectivity index (χ1) is 14.1. The lowest BCUT2D eigenvalue weighted by atomic mass is 10.1. The van der Waals surface area contributed by atoms with Crippen molar-refractivity contribution in [2.75, 3.05) is 11.4 Å². The first-order valence-electron chi connectivity index (χ1n) is 9.27. The monoisotopic (exact) mass is 404 g/mol. The number of amides is 2. The molecule has 2 aromatic carbocycles. The van der Waals surface area contributed by atoms with E-state index in [1.54, 1.807) is 18.4 Å². The number of fused-ring (bicyclic) bond motifs is 1. The van der Waals surface area contributed by atoms with Crippen LogP contribution in [0.3, 0.4) is 0 Å². The van der Waals surface area contributed by atoms with Crippen molar-refractivity contribution in [1.82, 2.24) is 5.32 Å². The highest BCUT2D eigenvalue weighted by Gasteiger charge is 2.30. The Morgan fingerprint density at radius 3 is 2.69 bits per heavy atom. The van der Waals surface area contributed by atoms with Crippen LogP contribution in [0.4, 0.5) is 5.69 Å². The number of para-hydroxylation sites is 1. The Morgan fingerprint density at radius 1 is 1.10 bits per heavy atom. The minimum Gasteiger partial charge on any atom is -0.467 e. The highest BCUT2D eigenvalue weighted by molar-refractivity contribution is 8.04. The fraction of sp³-hybridized carbons (Fsp3) is 0.130. The van der Waals surface area contributed by atoms with E-state index in [9.17, 15) is 9.59 Å². The molecule has 0 aliphatic carbocycles. The van der Waals surface area contributed by atoms with Crippen molar-refractivity contribution in [3.05, 3.63) is 88.7 Å². The largest absolute Gasteiger partial charge is 0.467 e. The Hall–Kier alpha value is -3.25. The normalized spacial score (nSPS) is 14.7. The Kier molecular flexibility index (Phi) is 5.53. The van der Waals surface area contributed by atoms with Crippen molar-refractivity contribution in [3.8, 4) is 0 Å². The molecule has 3 aromatic rings. The highest BCUT2D eigenvalue weighted by atomic mass is 32.2. The molecular weight excluding hydrogens is 384 g/mol. The second-order valence-corrected chi connectivity index (χ2v) is 7.77. The molecular formula is C23H20N2O3S. The summed E-state index contributed by atoms with van der Waals surface area (Å²) in [6, 6.07) is 19.1. The molecule has 0 atom stereocenters. The standard InChI is InChI=1S/C23H20N2O3S/c1-16-7-2-3-8-17(16)13-21-23(27)25(19-10-4-5-11-20(19)29-21)15-22(26)24-14-18-9-6-12-28-18/h2-13H,14-15H2,1H3,(H,24,26)/b21-13-. The van der Waals surface area contributed by atoms with Crippen LogP contribution in [0.5, 0.6) is 0 Å². The van der Waals surface area contributed by atoms with Gasteiger partial charge in [0.2, 0.25) is 5.91 Å². The zero-order valence-corrected chi connectivity index (χ0v) is 16.7. The maximum atomic E-state index is 13.2. The van der Waals surface area contributed by atoms with Gasteiger partial charge in [0, 0.05) is 4.90 Å². The SMILES string of the molecule is Cc1ccccc1/C=C1\Sc2ccccc2N(CC(=O)NCc2ccco2)C1=O. The summed E-state index contributed by atoms with van der Waals surface area (Å²) in [6.07, 6.45) is 3.46. The van der Waals surface area contributed by atoms with E-state index in [4.69, 9.17) is 4.42 Å². The first kappa shape index (κ1) is 19.1. The van der Waals surface area contributed by atoms with Crippen molar-refractivity contribution in [2.24, 2.45) is 0 Å². The van der Waals surface area contributed by atoms with Gasteiger partial charge in [0.05, 0.1) is 23.4 Å². The van der Waals surface area contributed by atoms with E-state index in [2.05, 4.69) is 5.32 Å². The minimum atomic E-state index is -0.244. The predicted octanol–water partition coefficient (Wildman–Crippen LogP) is 4.38. The maximum Gasteiger partial charge on any atom is 0.265 e. The molecule has 4 rings (SSSR count). The lowest BCUT2D eigenvalue weighted by Crippen LogP contribution is -2.42. The topological polar surface area (TPSA) is 62.6 Å². The zero-order chi connectivity index (χ0) is 20.2. The lowest BCUT2D eigenvalue weighted by molar-refractivity contribution is -0.122. The van der Waals surface area contributed by atoms with Gasteiger partial charge in [0.25, 0.3) is 5.91 Å². The fourth-order valence-electron chi connectivity index (χ4n) is 3.11. The Morgan fingerprint density at radius 2 is 1.90 bits per heavy atom. The summed E-state index contributed by atoms with van der Waals surface area (Å²) in [6.45, 7) is 2.25. The molecule has 0 fully saturated rings. The van der Waals surface area contributed by atoms with Gasteiger partial charge in [-0.05, 0) is 48.4 Å². The molecule has 6 heteroatoms. The van der Waals surface area contributed by atoms with Gasteiger partial charge in [-0.3, -0.25) is 14.5 Å². The van der Waals surface area contributed by atoms with E-state index < -0.39 is 0 Å². The molecule has 0 radical (unpaired) electrons. The van der Waals surface area contributed by atoms with Crippen molar-refractivity contribution in [1.29, 1.82) is 0 Å². The summed E-state index contributed by atoms with van der Waals surface area (Å²) in [7, 11) is 0. The number of nitrogens with one attached hydrogen (secondary N) is 1. The third-order valence-corrected chi connectivity index (χ3v) is 5.73. The van der Waals surface area contributed by atoms with Gasteiger partial charge in [-0.1, -0.05) is 48.2 Å². The summed E-state index contributed by atoms with van der Waals surface area (Å²) in [4.78, 5) is 28.8. The lowest BCUT2D eigenvalue weighted by Gasteiger charge is -2.29.